The molecule has 0 bridgehead atoms. The Balaban J connectivity index is 1.37. The van der Waals surface area contributed by atoms with Crippen molar-refractivity contribution in [2.75, 3.05) is 26.2 Å². The summed E-state index contributed by atoms with van der Waals surface area (Å²) in [5, 5.41) is 5.65. The minimum absolute atomic E-state index is 0.0903. The van der Waals surface area contributed by atoms with Gasteiger partial charge in [0.05, 0.1) is 6.61 Å². The molecule has 0 unspecified atom stereocenters. The number of aryl methyl sites for hydroxylation is 1. The molecule has 2 heterocycles. The summed E-state index contributed by atoms with van der Waals surface area (Å²) in [6.45, 7) is 7.78. The van der Waals surface area contributed by atoms with Crippen molar-refractivity contribution in [2.45, 2.75) is 84.2 Å². The third-order valence-corrected chi connectivity index (χ3v) is 7.17. The first-order valence-corrected chi connectivity index (χ1v) is 14.4. The van der Waals surface area contributed by atoms with Gasteiger partial charge in [0, 0.05) is 26.4 Å². The minimum atomic E-state index is -0.930. The largest absolute Gasteiger partial charge is 0.464 e. The second-order valence-electron chi connectivity index (χ2n) is 10.4. The van der Waals surface area contributed by atoms with Crippen LogP contribution in [0.2, 0.25) is 0 Å². The van der Waals surface area contributed by atoms with E-state index in [1.165, 1.54) is 11.8 Å². The van der Waals surface area contributed by atoms with Gasteiger partial charge in [-0.2, -0.15) is 0 Å². The van der Waals surface area contributed by atoms with Gasteiger partial charge in [0.25, 0.3) is 5.91 Å². The van der Waals surface area contributed by atoms with Gasteiger partial charge in [-0.1, -0.05) is 56.5 Å². The first kappa shape index (κ1) is 30.3. The van der Waals surface area contributed by atoms with Crippen molar-refractivity contribution < 1.29 is 23.5 Å². The van der Waals surface area contributed by atoms with Gasteiger partial charge in [-0.05, 0) is 56.7 Å². The number of benzene rings is 1. The molecule has 1 saturated heterocycles. The number of carbonyl (C=O) groups excluding carboxylic acids is 3. The average Bonchev–Trinajstić information content (AvgIpc) is 3.38. The fourth-order valence-corrected chi connectivity index (χ4v) is 4.81. The molecule has 1 atom stereocenters. The van der Waals surface area contributed by atoms with Gasteiger partial charge in [-0.3, -0.25) is 14.5 Å². The van der Waals surface area contributed by atoms with E-state index >= 15 is 0 Å². The molecular formula is C30H44N4O5. The maximum Gasteiger partial charge on any atom is 0.328 e. The number of amides is 2. The van der Waals surface area contributed by atoms with E-state index in [1.807, 2.05) is 6.07 Å². The number of ether oxygens (including phenoxy) is 1. The van der Waals surface area contributed by atoms with E-state index in [-0.39, 0.29) is 24.4 Å². The van der Waals surface area contributed by atoms with E-state index in [4.69, 9.17) is 9.15 Å². The maximum absolute atomic E-state index is 12.7. The summed E-state index contributed by atoms with van der Waals surface area (Å²) >= 11 is 0. The molecule has 1 aromatic heterocycles. The molecule has 2 amide bonds. The topological polar surface area (TPSA) is 114 Å². The van der Waals surface area contributed by atoms with Crippen LogP contribution in [-0.2, 0) is 20.9 Å². The summed E-state index contributed by atoms with van der Waals surface area (Å²) in [6, 6.07) is 9.60. The molecule has 0 aliphatic carbocycles. The SMILES string of the molecule is CCCCCCOC(=O)[C@H](CCC(=O)NCCC1CCN(Cc2ccccc2)CC1)NC(=O)c1coc(C)n1. The van der Waals surface area contributed by atoms with Gasteiger partial charge in [-0.25, -0.2) is 9.78 Å². The average molecular weight is 541 g/mol. The summed E-state index contributed by atoms with van der Waals surface area (Å²) in [6.07, 6.45) is 8.63. The molecule has 39 heavy (non-hydrogen) atoms. The van der Waals surface area contributed by atoms with Gasteiger partial charge in [0.15, 0.2) is 11.6 Å². The van der Waals surface area contributed by atoms with Crippen LogP contribution < -0.4 is 10.6 Å². The number of likely N-dealkylation sites (tertiary alicyclic amines) is 1. The minimum Gasteiger partial charge on any atom is -0.464 e. The summed E-state index contributed by atoms with van der Waals surface area (Å²) in [4.78, 5) is 44.3. The highest BCUT2D eigenvalue weighted by Crippen LogP contribution is 2.21. The number of nitrogens with zero attached hydrogens (tertiary/aromatic N) is 2. The Morgan fingerprint density at radius 1 is 1.13 bits per heavy atom. The third-order valence-electron chi connectivity index (χ3n) is 7.17. The van der Waals surface area contributed by atoms with Crippen LogP contribution in [0.1, 0.15) is 86.7 Å². The van der Waals surface area contributed by atoms with Gasteiger partial charge < -0.3 is 19.8 Å². The molecule has 9 nitrogen and oxygen atoms in total. The van der Waals surface area contributed by atoms with Crippen LogP contribution in [-0.4, -0.2) is 60.0 Å². The highest BCUT2D eigenvalue weighted by atomic mass is 16.5. The number of piperidine rings is 1. The van der Waals surface area contributed by atoms with Crippen LogP contribution in [0.25, 0.3) is 0 Å². The van der Waals surface area contributed by atoms with Crippen molar-refractivity contribution in [3.63, 3.8) is 0 Å². The maximum atomic E-state index is 12.7. The monoisotopic (exact) mass is 540 g/mol. The van der Waals surface area contributed by atoms with Crippen molar-refractivity contribution in [2.24, 2.45) is 5.92 Å². The van der Waals surface area contributed by atoms with Crippen LogP contribution >= 0.6 is 0 Å². The van der Waals surface area contributed by atoms with E-state index in [0.29, 0.717) is 25.0 Å². The number of esters is 1. The normalized spacial score (nSPS) is 15.0. The van der Waals surface area contributed by atoms with Crippen molar-refractivity contribution in [3.05, 3.63) is 53.7 Å². The quantitative estimate of drug-likeness (QED) is 0.240. The second-order valence-corrected chi connectivity index (χ2v) is 10.4. The molecule has 0 spiro atoms. The predicted molar refractivity (Wildman–Crippen MR) is 149 cm³/mol. The number of hydrogen-bond acceptors (Lipinski definition) is 7. The van der Waals surface area contributed by atoms with Gasteiger partial charge >= 0.3 is 5.97 Å². The molecule has 0 radical (unpaired) electrons. The zero-order valence-corrected chi connectivity index (χ0v) is 23.5. The molecule has 2 N–H and O–H groups in total. The van der Waals surface area contributed by atoms with Gasteiger partial charge in [-0.15, -0.1) is 0 Å². The molecule has 2 aromatic rings. The second kappa shape index (κ2) is 16.7. The van der Waals surface area contributed by atoms with E-state index < -0.39 is 17.9 Å². The van der Waals surface area contributed by atoms with Crippen LogP contribution in [0, 0.1) is 12.8 Å². The number of carbonyl (C=O) groups is 3. The van der Waals surface area contributed by atoms with Crippen LogP contribution in [0.3, 0.4) is 0 Å². The lowest BCUT2D eigenvalue weighted by atomic mass is 9.93. The Morgan fingerprint density at radius 3 is 2.59 bits per heavy atom. The van der Waals surface area contributed by atoms with E-state index in [9.17, 15) is 14.4 Å². The standard InChI is InChI=1S/C30H44N4O5/c1-3-4-5-9-20-38-30(37)26(33-29(36)27-22-39-23(2)32-27)12-13-28(35)31-17-14-24-15-18-34(19-16-24)21-25-10-7-6-8-11-25/h6-8,10-11,22,24,26H,3-5,9,12-21H2,1-2H3,(H,31,35)(H,33,36)/t26-/m0/s1. The molecular weight excluding hydrogens is 496 g/mol. The zero-order valence-electron chi connectivity index (χ0n) is 23.5. The third kappa shape index (κ3) is 11.2. The number of aromatic nitrogens is 1. The zero-order chi connectivity index (χ0) is 27.9. The Labute approximate surface area is 232 Å². The first-order chi connectivity index (χ1) is 18.9. The van der Waals surface area contributed by atoms with E-state index in [1.54, 1.807) is 6.92 Å². The lowest BCUT2D eigenvalue weighted by molar-refractivity contribution is -0.146. The van der Waals surface area contributed by atoms with Crippen LogP contribution in [0.5, 0.6) is 0 Å². The lowest BCUT2D eigenvalue weighted by Crippen LogP contribution is -2.43. The number of unbranched alkanes of at least 4 members (excludes halogenated alkanes) is 3. The highest BCUT2D eigenvalue weighted by Gasteiger charge is 2.25. The molecule has 1 aliphatic rings. The Bertz CT molecular complexity index is 1020. The van der Waals surface area contributed by atoms with Crippen molar-refractivity contribution >= 4 is 17.8 Å². The summed E-state index contributed by atoms with van der Waals surface area (Å²) in [5.41, 5.74) is 1.43. The van der Waals surface area contributed by atoms with Crippen LogP contribution in [0.4, 0.5) is 0 Å². The number of nitrogens with one attached hydrogen (secondary N) is 2. The number of rotatable bonds is 16. The van der Waals surface area contributed by atoms with E-state index in [0.717, 1.165) is 64.6 Å². The molecule has 9 heteroatoms. The molecule has 1 aromatic carbocycles. The summed E-state index contributed by atoms with van der Waals surface area (Å²) in [7, 11) is 0. The Morgan fingerprint density at radius 2 is 1.90 bits per heavy atom. The molecule has 3 rings (SSSR count). The fraction of sp³-hybridized carbons (Fsp3) is 0.600. The first-order valence-electron chi connectivity index (χ1n) is 14.4. The van der Waals surface area contributed by atoms with Gasteiger partial charge in [0.2, 0.25) is 5.91 Å². The molecule has 1 fully saturated rings. The smallest absolute Gasteiger partial charge is 0.328 e. The molecule has 0 saturated carbocycles. The summed E-state index contributed by atoms with van der Waals surface area (Å²) < 4.78 is 10.5. The van der Waals surface area contributed by atoms with Crippen molar-refractivity contribution in [1.29, 1.82) is 0 Å². The van der Waals surface area contributed by atoms with Crippen molar-refractivity contribution in [1.82, 2.24) is 20.5 Å². The van der Waals surface area contributed by atoms with E-state index in [2.05, 4.69) is 51.7 Å². The Hall–Kier alpha value is -3.20. The number of hydrogen-bond donors (Lipinski definition) is 2. The number of oxazole rings is 1. The molecule has 214 valence electrons. The summed E-state index contributed by atoms with van der Waals surface area (Å²) in [5.74, 6) is -0.243. The highest BCUT2D eigenvalue weighted by molar-refractivity contribution is 5.95. The molecule has 1 aliphatic heterocycles. The van der Waals surface area contributed by atoms with Gasteiger partial charge in [0.1, 0.15) is 12.3 Å². The van der Waals surface area contributed by atoms with Crippen molar-refractivity contribution in [3.8, 4) is 0 Å². The fourth-order valence-electron chi connectivity index (χ4n) is 4.81. The lowest BCUT2D eigenvalue weighted by Gasteiger charge is -2.32. The van der Waals surface area contributed by atoms with Crippen LogP contribution in [0.15, 0.2) is 41.0 Å². The Kier molecular flexibility index (Phi) is 13.0. The predicted octanol–water partition coefficient (Wildman–Crippen LogP) is 4.40.